The quantitative estimate of drug-likeness (QED) is 0.213. The summed E-state index contributed by atoms with van der Waals surface area (Å²) in [6.07, 6.45) is 7.95. The monoisotopic (exact) mass is 513 g/mol. The molecule has 2 atom stereocenters. The van der Waals surface area contributed by atoms with E-state index in [0.29, 0.717) is 12.0 Å². The number of hydrogen-bond donors (Lipinski definition) is 0. The van der Waals surface area contributed by atoms with Gasteiger partial charge < -0.3 is 4.90 Å². The first kappa shape index (κ1) is 31.7. The summed E-state index contributed by atoms with van der Waals surface area (Å²) >= 11 is 0. The van der Waals surface area contributed by atoms with Gasteiger partial charge in [0, 0.05) is 18.3 Å². The Labute approximate surface area is 235 Å². The second kappa shape index (κ2) is 14.6. The van der Waals surface area contributed by atoms with Gasteiger partial charge in [-0.15, -0.1) is 0 Å². The molecule has 0 aromatic heterocycles. The highest BCUT2D eigenvalue weighted by molar-refractivity contribution is 5.34. The van der Waals surface area contributed by atoms with Crippen LogP contribution in [0.3, 0.4) is 0 Å². The molecule has 208 valence electrons. The van der Waals surface area contributed by atoms with Crippen molar-refractivity contribution in [1.82, 2.24) is 4.90 Å². The molecule has 3 rings (SSSR count). The third-order valence-corrected chi connectivity index (χ3v) is 8.74. The van der Waals surface area contributed by atoms with Gasteiger partial charge in [0.05, 0.1) is 0 Å². The number of benzene rings is 2. The van der Waals surface area contributed by atoms with E-state index < -0.39 is 0 Å². The molecule has 0 saturated carbocycles. The standard InChI is InChI=1S/C35H49N.C2H6/c1-10-35(8,9)29(6)30(7)36-21-12-11-16-34(36)28(5)24-33(32-15-13-14-25(2)22-32)20-19-31-18-17-26(3)27(4)23-31;1-2/h13-15,17-18,22-23,33-34H,5-7,10-12,16,19-21,24H2,1-4,8-9H3;1-2H3. The van der Waals surface area contributed by atoms with Crippen molar-refractivity contribution in [2.45, 2.75) is 112 Å². The van der Waals surface area contributed by atoms with Crippen molar-refractivity contribution in [3.05, 3.63) is 107 Å². The fraction of sp³-hybridized carbons (Fsp3) is 0.514. The molecule has 1 fully saturated rings. The number of hydrogen-bond acceptors (Lipinski definition) is 1. The maximum atomic E-state index is 4.71. The van der Waals surface area contributed by atoms with Gasteiger partial charge in [0.15, 0.2) is 0 Å². The minimum absolute atomic E-state index is 0.0662. The number of rotatable bonds is 11. The maximum absolute atomic E-state index is 4.71. The van der Waals surface area contributed by atoms with E-state index in [1.165, 1.54) is 51.8 Å². The van der Waals surface area contributed by atoms with Crippen LogP contribution in [0.4, 0.5) is 0 Å². The Kier molecular flexibility index (Phi) is 12.1. The van der Waals surface area contributed by atoms with Gasteiger partial charge in [-0.25, -0.2) is 0 Å². The Morgan fingerprint density at radius 2 is 1.68 bits per heavy atom. The van der Waals surface area contributed by atoms with Crippen LogP contribution in [0.2, 0.25) is 0 Å². The van der Waals surface area contributed by atoms with Crippen LogP contribution in [0.5, 0.6) is 0 Å². The zero-order valence-electron chi connectivity index (χ0n) is 25.9. The molecule has 1 heterocycles. The first-order valence-corrected chi connectivity index (χ1v) is 15.0. The van der Waals surface area contributed by atoms with Crippen molar-refractivity contribution in [3.8, 4) is 0 Å². The van der Waals surface area contributed by atoms with Gasteiger partial charge in [0.1, 0.15) is 0 Å². The number of allylic oxidation sites excluding steroid dienone is 1. The van der Waals surface area contributed by atoms with Crippen molar-refractivity contribution in [3.63, 3.8) is 0 Å². The lowest BCUT2D eigenvalue weighted by Crippen LogP contribution is -2.41. The minimum atomic E-state index is 0.0662. The van der Waals surface area contributed by atoms with Gasteiger partial charge in [-0.05, 0) is 105 Å². The first-order chi connectivity index (χ1) is 18.0. The average Bonchev–Trinajstić information content (AvgIpc) is 2.93. The SMILES string of the molecule is C=C(CC(CCc1ccc(C)c(C)c1)c1cccc(C)c1)C1CCCCN1C(=C)C(=C)C(C)(C)CC.CC. The van der Waals surface area contributed by atoms with Gasteiger partial charge in [0.2, 0.25) is 0 Å². The zero-order chi connectivity index (χ0) is 28.5. The molecule has 38 heavy (non-hydrogen) atoms. The highest BCUT2D eigenvalue weighted by Gasteiger charge is 2.31. The van der Waals surface area contributed by atoms with Crippen LogP contribution < -0.4 is 0 Å². The summed E-state index contributed by atoms with van der Waals surface area (Å²) in [6, 6.07) is 16.4. The molecule has 0 bridgehead atoms. The van der Waals surface area contributed by atoms with Gasteiger partial charge in [-0.3, -0.25) is 0 Å². The Balaban J connectivity index is 0.00000247. The molecule has 1 aliphatic heterocycles. The predicted octanol–water partition coefficient (Wildman–Crippen LogP) is 10.7. The molecule has 1 nitrogen and oxygen atoms in total. The number of likely N-dealkylation sites (tertiary alicyclic amines) is 1. The van der Waals surface area contributed by atoms with Crippen LogP contribution in [0.25, 0.3) is 0 Å². The smallest absolute Gasteiger partial charge is 0.0499 e. The van der Waals surface area contributed by atoms with Gasteiger partial charge in [0.25, 0.3) is 0 Å². The lowest BCUT2D eigenvalue weighted by Gasteiger charge is -2.43. The fourth-order valence-corrected chi connectivity index (χ4v) is 5.52. The largest absolute Gasteiger partial charge is 0.365 e. The van der Waals surface area contributed by atoms with Gasteiger partial charge in [-0.1, -0.05) is 108 Å². The molecular weight excluding hydrogens is 458 g/mol. The van der Waals surface area contributed by atoms with E-state index in [0.717, 1.165) is 44.3 Å². The topological polar surface area (TPSA) is 3.24 Å². The van der Waals surface area contributed by atoms with Crippen molar-refractivity contribution in [2.75, 3.05) is 6.54 Å². The summed E-state index contributed by atoms with van der Waals surface area (Å²) < 4.78 is 0. The Morgan fingerprint density at radius 1 is 0.974 bits per heavy atom. The molecule has 2 aromatic carbocycles. The van der Waals surface area contributed by atoms with Crippen LogP contribution in [0.15, 0.2) is 79.0 Å². The van der Waals surface area contributed by atoms with Crippen LogP contribution >= 0.6 is 0 Å². The Morgan fingerprint density at radius 3 is 2.32 bits per heavy atom. The van der Waals surface area contributed by atoms with E-state index in [9.17, 15) is 0 Å². The highest BCUT2D eigenvalue weighted by Crippen LogP contribution is 2.39. The zero-order valence-corrected chi connectivity index (χ0v) is 25.9. The summed E-state index contributed by atoms with van der Waals surface area (Å²) in [5, 5.41) is 0. The molecule has 2 unspecified atom stereocenters. The molecule has 0 aliphatic carbocycles. The van der Waals surface area contributed by atoms with E-state index in [2.05, 4.69) is 102 Å². The third kappa shape index (κ3) is 8.23. The van der Waals surface area contributed by atoms with Crippen LogP contribution in [-0.2, 0) is 6.42 Å². The number of nitrogens with zero attached hydrogens (tertiary/aromatic N) is 1. The number of piperidine rings is 1. The molecule has 0 radical (unpaired) electrons. The van der Waals surface area contributed by atoms with Crippen molar-refractivity contribution in [2.24, 2.45) is 5.41 Å². The van der Waals surface area contributed by atoms with Crippen molar-refractivity contribution >= 4 is 0 Å². The molecule has 1 heteroatoms. The molecule has 1 saturated heterocycles. The lowest BCUT2D eigenvalue weighted by atomic mass is 9.79. The first-order valence-electron chi connectivity index (χ1n) is 15.0. The Bertz CT molecular complexity index is 1090. The third-order valence-electron chi connectivity index (χ3n) is 8.74. The van der Waals surface area contributed by atoms with Gasteiger partial charge >= 0.3 is 0 Å². The van der Waals surface area contributed by atoms with Crippen molar-refractivity contribution < 1.29 is 0 Å². The molecule has 0 amide bonds. The summed E-state index contributed by atoms with van der Waals surface area (Å²) in [5.41, 5.74) is 10.7. The van der Waals surface area contributed by atoms with Gasteiger partial charge in [-0.2, -0.15) is 0 Å². The second-order valence-corrected chi connectivity index (χ2v) is 11.8. The van der Waals surface area contributed by atoms with Crippen LogP contribution in [-0.4, -0.2) is 17.5 Å². The molecule has 1 aliphatic rings. The van der Waals surface area contributed by atoms with E-state index in [1.807, 2.05) is 13.8 Å². The number of aryl methyl sites for hydroxylation is 4. The summed E-state index contributed by atoms with van der Waals surface area (Å²) in [4.78, 5) is 2.53. The van der Waals surface area contributed by atoms with E-state index in [-0.39, 0.29) is 5.41 Å². The van der Waals surface area contributed by atoms with Crippen LogP contribution in [0.1, 0.15) is 107 Å². The predicted molar refractivity (Wildman–Crippen MR) is 170 cm³/mol. The molecule has 0 N–H and O–H groups in total. The van der Waals surface area contributed by atoms with E-state index in [4.69, 9.17) is 6.58 Å². The van der Waals surface area contributed by atoms with E-state index >= 15 is 0 Å². The van der Waals surface area contributed by atoms with Crippen LogP contribution in [0, 0.1) is 26.2 Å². The second-order valence-electron chi connectivity index (χ2n) is 11.8. The molecule has 2 aromatic rings. The summed E-state index contributed by atoms with van der Waals surface area (Å²) in [7, 11) is 0. The summed E-state index contributed by atoms with van der Waals surface area (Å²) in [6.45, 7) is 32.2. The van der Waals surface area contributed by atoms with Crippen molar-refractivity contribution in [1.29, 1.82) is 0 Å². The fourth-order valence-electron chi connectivity index (χ4n) is 5.52. The lowest BCUT2D eigenvalue weighted by molar-refractivity contribution is 0.213. The normalized spacial score (nSPS) is 16.3. The summed E-state index contributed by atoms with van der Waals surface area (Å²) in [5.74, 6) is 0.464. The Hall–Kier alpha value is -2.54. The van der Waals surface area contributed by atoms with E-state index in [1.54, 1.807) is 0 Å². The average molecular weight is 514 g/mol. The highest BCUT2D eigenvalue weighted by atomic mass is 15.2. The minimum Gasteiger partial charge on any atom is -0.365 e. The molecular formula is C37H55N. The molecule has 0 spiro atoms. The maximum Gasteiger partial charge on any atom is 0.0499 e.